The van der Waals surface area contributed by atoms with E-state index >= 15 is 0 Å². The lowest BCUT2D eigenvalue weighted by Gasteiger charge is -2.18. The van der Waals surface area contributed by atoms with Gasteiger partial charge in [0, 0.05) is 23.2 Å². The normalized spacial score (nSPS) is 11.9. The molecule has 1 rings (SSSR count). The van der Waals surface area contributed by atoms with Crippen LogP contribution in [0.3, 0.4) is 0 Å². The third kappa shape index (κ3) is 4.84. The maximum atomic E-state index is 12.4. The number of hydrogen-bond acceptors (Lipinski definition) is 5. The minimum absolute atomic E-state index is 0.0465. The van der Waals surface area contributed by atoms with Gasteiger partial charge in [0.1, 0.15) is 10.6 Å². The number of hydrogen-bond donors (Lipinski definition) is 2. The number of methoxy groups -OCH3 is 1. The fourth-order valence-corrected chi connectivity index (χ4v) is 3.40. The molecule has 8 heteroatoms. The predicted octanol–water partition coefficient (Wildman–Crippen LogP) is 1.66. The van der Waals surface area contributed by atoms with Gasteiger partial charge in [-0.25, -0.2) is 13.1 Å². The second kappa shape index (κ2) is 7.98. The van der Waals surface area contributed by atoms with E-state index in [1.165, 1.54) is 13.2 Å². The Balaban J connectivity index is 2.90. The van der Waals surface area contributed by atoms with Crippen LogP contribution in [0, 0.1) is 0 Å². The molecule has 0 spiro atoms. The molecule has 3 N–H and O–H groups in total. The molecular weight excluding hydrogens is 358 g/mol. The molecule has 0 aromatic heterocycles. The van der Waals surface area contributed by atoms with E-state index in [0.717, 1.165) is 13.1 Å². The zero-order valence-corrected chi connectivity index (χ0v) is 14.9. The van der Waals surface area contributed by atoms with E-state index in [-0.39, 0.29) is 10.6 Å². The third-order valence-corrected chi connectivity index (χ3v) is 5.36. The van der Waals surface area contributed by atoms with Crippen molar-refractivity contribution in [2.24, 2.45) is 0 Å². The highest BCUT2D eigenvalue weighted by Crippen LogP contribution is 2.32. The van der Waals surface area contributed by atoms with Crippen LogP contribution in [0.5, 0.6) is 5.75 Å². The Hall–Kier alpha value is -0.830. The number of ether oxygens (including phenoxy) is 1. The Morgan fingerprint density at radius 3 is 2.48 bits per heavy atom. The minimum atomic E-state index is -3.66. The number of sulfonamides is 1. The molecule has 120 valence electrons. The van der Waals surface area contributed by atoms with Crippen LogP contribution in [0.15, 0.2) is 21.5 Å². The first-order valence-corrected chi connectivity index (χ1v) is 8.98. The minimum Gasteiger partial charge on any atom is -0.495 e. The monoisotopic (exact) mass is 379 g/mol. The Morgan fingerprint density at radius 1 is 1.33 bits per heavy atom. The zero-order valence-electron chi connectivity index (χ0n) is 12.5. The van der Waals surface area contributed by atoms with Gasteiger partial charge in [-0.3, -0.25) is 0 Å². The van der Waals surface area contributed by atoms with Crippen LogP contribution in [-0.4, -0.2) is 46.6 Å². The standard InChI is InChI=1S/C13H22BrN3O3S/c1-4-17(5-2)7-6-16-21(18,19)13-9-11(15)10(14)8-12(13)20-3/h8-9,16H,4-7,15H2,1-3H3. The Labute approximate surface area is 134 Å². The summed E-state index contributed by atoms with van der Waals surface area (Å²) in [5, 5.41) is 0. The van der Waals surface area contributed by atoms with Crippen LogP contribution in [0.2, 0.25) is 0 Å². The van der Waals surface area contributed by atoms with Gasteiger partial charge < -0.3 is 15.4 Å². The van der Waals surface area contributed by atoms with Crippen molar-refractivity contribution in [3.05, 3.63) is 16.6 Å². The van der Waals surface area contributed by atoms with Crippen molar-refractivity contribution in [3.8, 4) is 5.75 Å². The van der Waals surface area contributed by atoms with Crippen LogP contribution in [-0.2, 0) is 10.0 Å². The second-order valence-electron chi connectivity index (χ2n) is 4.45. The molecule has 0 aliphatic rings. The Morgan fingerprint density at radius 2 is 1.95 bits per heavy atom. The predicted molar refractivity (Wildman–Crippen MR) is 88.1 cm³/mol. The topological polar surface area (TPSA) is 84.7 Å². The summed E-state index contributed by atoms with van der Waals surface area (Å²) >= 11 is 3.25. The summed E-state index contributed by atoms with van der Waals surface area (Å²) in [6.45, 7) is 6.83. The van der Waals surface area contributed by atoms with Crippen LogP contribution < -0.4 is 15.2 Å². The lowest BCUT2D eigenvalue weighted by atomic mass is 10.3. The summed E-state index contributed by atoms with van der Waals surface area (Å²) in [4.78, 5) is 2.18. The molecule has 1 aromatic carbocycles. The molecule has 0 fully saturated rings. The number of nitrogen functional groups attached to an aromatic ring is 1. The average Bonchev–Trinajstić information content (AvgIpc) is 2.45. The Bertz CT molecular complexity index is 574. The van der Waals surface area contributed by atoms with Gasteiger partial charge >= 0.3 is 0 Å². The number of anilines is 1. The van der Waals surface area contributed by atoms with E-state index in [9.17, 15) is 8.42 Å². The third-order valence-electron chi connectivity index (χ3n) is 3.19. The number of nitrogens with zero attached hydrogens (tertiary/aromatic N) is 1. The van der Waals surface area contributed by atoms with Crippen LogP contribution in [0.25, 0.3) is 0 Å². The molecule has 0 atom stereocenters. The molecule has 0 unspecified atom stereocenters. The second-order valence-corrected chi connectivity index (χ2v) is 7.04. The molecule has 0 amide bonds. The maximum Gasteiger partial charge on any atom is 0.244 e. The summed E-state index contributed by atoms with van der Waals surface area (Å²) in [6, 6.07) is 2.94. The van der Waals surface area contributed by atoms with Gasteiger partial charge in [0.15, 0.2) is 0 Å². The summed E-state index contributed by atoms with van der Waals surface area (Å²) in [7, 11) is -2.23. The van der Waals surface area contributed by atoms with Crippen molar-refractivity contribution in [3.63, 3.8) is 0 Å². The SMILES string of the molecule is CCN(CC)CCNS(=O)(=O)c1cc(N)c(Br)cc1OC. The van der Waals surface area contributed by atoms with Gasteiger partial charge in [-0.2, -0.15) is 0 Å². The summed E-state index contributed by atoms with van der Waals surface area (Å²) in [5.41, 5.74) is 6.11. The Kier molecular flexibility index (Phi) is 6.92. The van der Waals surface area contributed by atoms with Crippen molar-refractivity contribution in [1.29, 1.82) is 0 Å². The van der Waals surface area contributed by atoms with E-state index in [0.29, 0.717) is 23.2 Å². The molecule has 0 saturated heterocycles. The molecule has 6 nitrogen and oxygen atoms in total. The molecule has 0 bridgehead atoms. The zero-order chi connectivity index (χ0) is 16.0. The van der Waals surface area contributed by atoms with Gasteiger partial charge in [-0.15, -0.1) is 0 Å². The van der Waals surface area contributed by atoms with Crippen molar-refractivity contribution in [2.45, 2.75) is 18.7 Å². The van der Waals surface area contributed by atoms with E-state index in [1.54, 1.807) is 6.07 Å². The van der Waals surface area contributed by atoms with Crippen molar-refractivity contribution >= 4 is 31.6 Å². The molecule has 0 saturated carbocycles. The van der Waals surface area contributed by atoms with Gasteiger partial charge in [0.05, 0.1) is 7.11 Å². The van der Waals surface area contributed by atoms with E-state index in [2.05, 4.69) is 25.6 Å². The number of rotatable bonds is 8. The van der Waals surface area contributed by atoms with Gasteiger partial charge in [0.25, 0.3) is 0 Å². The van der Waals surface area contributed by atoms with Gasteiger partial charge in [-0.05, 0) is 41.2 Å². The van der Waals surface area contributed by atoms with Crippen molar-refractivity contribution in [1.82, 2.24) is 9.62 Å². The molecule has 1 aromatic rings. The van der Waals surface area contributed by atoms with Gasteiger partial charge in [-0.1, -0.05) is 13.8 Å². The molecule has 0 heterocycles. The smallest absolute Gasteiger partial charge is 0.244 e. The average molecular weight is 380 g/mol. The first-order chi connectivity index (χ1) is 9.85. The number of likely N-dealkylation sites (N-methyl/N-ethyl adjacent to an activating group) is 1. The van der Waals surface area contributed by atoms with Crippen LogP contribution >= 0.6 is 15.9 Å². The lowest BCUT2D eigenvalue weighted by Crippen LogP contribution is -2.35. The highest BCUT2D eigenvalue weighted by atomic mass is 79.9. The largest absolute Gasteiger partial charge is 0.495 e. The summed E-state index contributed by atoms with van der Waals surface area (Å²) in [5.74, 6) is 0.256. The number of nitrogens with two attached hydrogens (primary N) is 1. The quantitative estimate of drug-likeness (QED) is 0.670. The molecule has 21 heavy (non-hydrogen) atoms. The summed E-state index contributed by atoms with van der Waals surface area (Å²) in [6.07, 6.45) is 0. The van der Waals surface area contributed by atoms with Crippen molar-refractivity contribution < 1.29 is 13.2 Å². The maximum absolute atomic E-state index is 12.4. The van der Waals surface area contributed by atoms with Crippen LogP contribution in [0.1, 0.15) is 13.8 Å². The molecule has 0 aliphatic heterocycles. The molecule has 0 aliphatic carbocycles. The number of nitrogens with one attached hydrogen (secondary N) is 1. The first kappa shape index (κ1) is 18.2. The summed E-state index contributed by atoms with van der Waals surface area (Å²) < 4.78 is 33.0. The molecular formula is C13H22BrN3O3S. The highest BCUT2D eigenvalue weighted by Gasteiger charge is 2.21. The molecule has 0 radical (unpaired) electrons. The number of halogens is 1. The first-order valence-electron chi connectivity index (χ1n) is 6.70. The fourth-order valence-electron chi connectivity index (χ4n) is 1.88. The van der Waals surface area contributed by atoms with E-state index in [1.807, 2.05) is 13.8 Å². The number of benzene rings is 1. The van der Waals surface area contributed by atoms with E-state index < -0.39 is 10.0 Å². The lowest BCUT2D eigenvalue weighted by molar-refractivity contribution is 0.309. The van der Waals surface area contributed by atoms with E-state index in [4.69, 9.17) is 10.5 Å². The van der Waals surface area contributed by atoms with Crippen molar-refractivity contribution in [2.75, 3.05) is 39.0 Å². The highest BCUT2D eigenvalue weighted by molar-refractivity contribution is 9.10. The van der Waals surface area contributed by atoms with Crippen LogP contribution in [0.4, 0.5) is 5.69 Å². The fraction of sp³-hybridized carbons (Fsp3) is 0.538. The van der Waals surface area contributed by atoms with Gasteiger partial charge in [0.2, 0.25) is 10.0 Å².